The van der Waals surface area contributed by atoms with Gasteiger partial charge in [0.2, 0.25) is 5.82 Å². The summed E-state index contributed by atoms with van der Waals surface area (Å²) in [5.74, 6) is 1.24. The molecule has 0 radical (unpaired) electrons. The summed E-state index contributed by atoms with van der Waals surface area (Å²) in [7, 11) is 0. The van der Waals surface area contributed by atoms with Gasteiger partial charge < -0.3 is 4.98 Å². The Morgan fingerprint density at radius 3 is 2.55 bits per heavy atom. The van der Waals surface area contributed by atoms with Crippen LogP contribution in [0.15, 0.2) is 54.6 Å². The molecule has 1 N–H and O–H groups in total. The number of aromatic amines is 1. The highest BCUT2D eigenvalue weighted by molar-refractivity contribution is 5.78. The van der Waals surface area contributed by atoms with Crippen LogP contribution in [0.4, 0.5) is 0 Å². The normalized spacial score (nSPS) is 11.0. The first-order valence-corrected chi connectivity index (χ1v) is 6.21. The van der Waals surface area contributed by atoms with Gasteiger partial charge in [0.25, 0.3) is 0 Å². The average Bonchev–Trinajstić information content (AvgIpc) is 3.14. The number of H-pyrrole nitrogens is 1. The topological polar surface area (TPSA) is 72.3 Å². The summed E-state index contributed by atoms with van der Waals surface area (Å²) in [5, 5.41) is 11.8. The van der Waals surface area contributed by atoms with Crippen molar-refractivity contribution in [3.63, 3.8) is 0 Å². The Morgan fingerprint density at radius 2 is 1.70 bits per heavy atom. The zero-order valence-corrected chi connectivity index (χ0v) is 10.4. The fraction of sp³-hybridized carbons (Fsp3) is 0. The second-order valence-corrected chi connectivity index (χ2v) is 4.35. The maximum Gasteiger partial charge on any atom is 0.222 e. The van der Waals surface area contributed by atoms with Crippen LogP contribution in [0.1, 0.15) is 0 Å². The van der Waals surface area contributed by atoms with Crippen LogP contribution in [-0.2, 0) is 0 Å². The molecule has 0 bridgehead atoms. The summed E-state index contributed by atoms with van der Waals surface area (Å²) >= 11 is 0. The van der Waals surface area contributed by atoms with Gasteiger partial charge in [0.1, 0.15) is 0 Å². The molecule has 0 saturated carbocycles. The van der Waals surface area contributed by atoms with Crippen LogP contribution in [0, 0.1) is 0 Å². The van der Waals surface area contributed by atoms with Gasteiger partial charge in [0.15, 0.2) is 5.82 Å². The van der Waals surface area contributed by atoms with E-state index in [2.05, 4.69) is 25.5 Å². The minimum atomic E-state index is 0.590. The number of nitrogens with zero attached hydrogens (tertiary/aromatic N) is 5. The molecule has 2 aromatic heterocycles. The molecule has 0 fully saturated rings. The number of hydrogen-bond donors (Lipinski definition) is 1. The van der Waals surface area contributed by atoms with Crippen LogP contribution in [0.5, 0.6) is 0 Å². The minimum Gasteiger partial charge on any atom is -0.335 e. The average molecular weight is 262 g/mol. The number of nitrogens with one attached hydrogen (secondary N) is 1. The van der Waals surface area contributed by atoms with E-state index in [1.807, 2.05) is 54.6 Å². The van der Waals surface area contributed by atoms with Crippen molar-refractivity contribution in [2.24, 2.45) is 0 Å². The second kappa shape index (κ2) is 4.27. The lowest BCUT2D eigenvalue weighted by molar-refractivity contribution is 0.790. The molecule has 6 heteroatoms. The van der Waals surface area contributed by atoms with Crippen molar-refractivity contribution in [1.82, 2.24) is 30.2 Å². The number of aromatic nitrogens is 6. The Hall–Kier alpha value is -3.02. The second-order valence-electron chi connectivity index (χ2n) is 4.35. The summed E-state index contributed by atoms with van der Waals surface area (Å²) in [4.78, 5) is 7.76. The highest BCUT2D eigenvalue weighted by Crippen LogP contribution is 2.19. The maximum atomic E-state index is 4.52. The number of imidazole rings is 1. The van der Waals surface area contributed by atoms with E-state index in [-0.39, 0.29) is 0 Å². The summed E-state index contributed by atoms with van der Waals surface area (Å²) < 4.78 is 1.66. The third-order valence-corrected chi connectivity index (χ3v) is 3.07. The van der Waals surface area contributed by atoms with E-state index in [9.17, 15) is 0 Å². The lowest BCUT2D eigenvalue weighted by atomic mass is 10.3. The minimum absolute atomic E-state index is 0.590. The quantitative estimate of drug-likeness (QED) is 0.601. The van der Waals surface area contributed by atoms with Crippen molar-refractivity contribution in [1.29, 1.82) is 0 Å². The van der Waals surface area contributed by atoms with Gasteiger partial charge in [-0.05, 0) is 34.7 Å². The molecule has 0 spiro atoms. The van der Waals surface area contributed by atoms with Gasteiger partial charge in [-0.1, -0.05) is 30.3 Å². The molecule has 96 valence electrons. The SMILES string of the molecule is c1ccc(-n2nnnc2-c2nc3ccccc3[nH]2)cc1. The first kappa shape index (κ1) is 10.9. The van der Waals surface area contributed by atoms with Crippen molar-refractivity contribution >= 4 is 11.0 Å². The molecule has 0 aliphatic carbocycles. The molecule has 4 rings (SSSR count). The molecule has 20 heavy (non-hydrogen) atoms. The fourth-order valence-corrected chi connectivity index (χ4v) is 2.14. The van der Waals surface area contributed by atoms with E-state index < -0.39 is 0 Å². The van der Waals surface area contributed by atoms with Gasteiger partial charge in [0.05, 0.1) is 16.7 Å². The first-order valence-electron chi connectivity index (χ1n) is 6.21. The summed E-state index contributed by atoms with van der Waals surface area (Å²) in [5.41, 5.74) is 2.75. The number of hydrogen-bond acceptors (Lipinski definition) is 4. The van der Waals surface area contributed by atoms with Gasteiger partial charge >= 0.3 is 0 Å². The Morgan fingerprint density at radius 1 is 0.900 bits per heavy atom. The molecule has 0 amide bonds. The van der Waals surface area contributed by atoms with E-state index in [4.69, 9.17) is 0 Å². The molecule has 0 atom stereocenters. The van der Waals surface area contributed by atoms with E-state index in [0.717, 1.165) is 16.7 Å². The zero-order valence-electron chi connectivity index (χ0n) is 10.4. The third-order valence-electron chi connectivity index (χ3n) is 3.07. The van der Waals surface area contributed by atoms with Gasteiger partial charge in [-0.25, -0.2) is 4.98 Å². The largest absolute Gasteiger partial charge is 0.335 e. The smallest absolute Gasteiger partial charge is 0.222 e. The number of benzene rings is 2. The van der Waals surface area contributed by atoms with E-state index in [0.29, 0.717) is 11.6 Å². The van der Waals surface area contributed by atoms with E-state index >= 15 is 0 Å². The van der Waals surface area contributed by atoms with Gasteiger partial charge in [0, 0.05) is 0 Å². The zero-order chi connectivity index (χ0) is 13.4. The standard InChI is InChI=1S/C14H10N6/c1-2-6-10(7-3-1)20-14(17-18-19-20)13-15-11-8-4-5-9-12(11)16-13/h1-9H,(H,15,16). The Bertz CT molecular complexity index is 828. The van der Waals surface area contributed by atoms with Gasteiger partial charge in [-0.15, -0.1) is 5.10 Å². The fourth-order valence-electron chi connectivity index (χ4n) is 2.14. The number of rotatable bonds is 2. The Balaban J connectivity index is 1.89. The highest BCUT2D eigenvalue weighted by Gasteiger charge is 2.14. The van der Waals surface area contributed by atoms with Crippen LogP contribution in [0.3, 0.4) is 0 Å². The molecule has 0 aliphatic heterocycles. The van der Waals surface area contributed by atoms with Crippen molar-refractivity contribution < 1.29 is 0 Å². The number of fused-ring (bicyclic) bond motifs is 1. The van der Waals surface area contributed by atoms with Crippen LogP contribution >= 0.6 is 0 Å². The van der Waals surface area contributed by atoms with Crippen LogP contribution in [0.2, 0.25) is 0 Å². The molecule has 0 aliphatic rings. The third kappa shape index (κ3) is 1.66. The first-order chi connectivity index (χ1) is 9.92. The van der Waals surface area contributed by atoms with Gasteiger partial charge in [-0.3, -0.25) is 0 Å². The molecule has 0 unspecified atom stereocenters. The molecular formula is C14H10N6. The van der Waals surface area contributed by atoms with Crippen molar-refractivity contribution in [3.05, 3.63) is 54.6 Å². The molecule has 2 aromatic carbocycles. The van der Waals surface area contributed by atoms with Crippen molar-refractivity contribution in [2.75, 3.05) is 0 Å². The van der Waals surface area contributed by atoms with Gasteiger partial charge in [-0.2, -0.15) is 4.68 Å². The van der Waals surface area contributed by atoms with E-state index in [1.165, 1.54) is 0 Å². The Labute approximate surface area is 114 Å². The summed E-state index contributed by atoms with van der Waals surface area (Å²) in [6.07, 6.45) is 0. The summed E-state index contributed by atoms with van der Waals surface area (Å²) in [6.45, 7) is 0. The predicted octanol–water partition coefficient (Wildman–Crippen LogP) is 2.21. The van der Waals surface area contributed by atoms with Crippen molar-refractivity contribution in [3.8, 4) is 17.3 Å². The molecular weight excluding hydrogens is 252 g/mol. The number of tetrazole rings is 1. The molecule has 6 nitrogen and oxygen atoms in total. The predicted molar refractivity (Wildman–Crippen MR) is 74.2 cm³/mol. The van der Waals surface area contributed by atoms with E-state index in [1.54, 1.807) is 4.68 Å². The number of para-hydroxylation sites is 3. The molecule has 0 saturated heterocycles. The van der Waals surface area contributed by atoms with Crippen molar-refractivity contribution in [2.45, 2.75) is 0 Å². The molecule has 4 aromatic rings. The monoisotopic (exact) mass is 262 g/mol. The van der Waals surface area contributed by atoms with Crippen LogP contribution in [0.25, 0.3) is 28.4 Å². The van der Waals surface area contributed by atoms with Crippen LogP contribution < -0.4 is 0 Å². The lowest BCUT2D eigenvalue weighted by Gasteiger charge is -2.01. The Kier molecular flexibility index (Phi) is 2.32. The lowest BCUT2D eigenvalue weighted by Crippen LogP contribution is -2.00. The molecule has 2 heterocycles. The maximum absolute atomic E-state index is 4.52. The van der Waals surface area contributed by atoms with Crippen LogP contribution in [-0.4, -0.2) is 30.2 Å². The summed E-state index contributed by atoms with van der Waals surface area (Å²) in [6, 6.07) is 17.6. The highest BCUT2D eigenvalue weighted by atomic mass is 15.5.